The number of anilines is 1. The van der Waals surface area contributed by atoms with Gasteiger partial charge in [0.2, 0.25) is 0 Å². The summed E-state index contributed by atoms with van der Waals surface area (Å²) >= 11 is 0. The molecule has 1 aromatic carbocycles. The second-order valence-corrected chi connectivity index (χ2v) is 4.42. The van der Waals surface area contributed by atoms with Gasteiger partial charge in [0.05, 0.1) is 0 Å². The van der Waals surface area contributed by atoms with E-state index in [-0.39, 0.29) is 5.91 Å². The Kier molecular flexibility index (Phi) is 4.13. The zero-order chi connectivity index (χ0) is 13.7. The molecule has 0 aliphatic rings. The van der Waals surface area contributed by atoms with Crippen LogP contribution < -0.4 is 11.1 Å². The van der Waals surface area contributed by atoms with Gasteiger partial charge in [-0.25, -0.2) is 0 Å². The van der Waals surface area contributed by atoms with Gasteiger partial charge in [-0.1, -0.05) is 18.2 Å². The number of nitrogens with zero attached hydrogens (tertiary/aromatic N) is 1. The Morgan fingerprint density at radius 3 is 2.68 bits per heavy atom. The summed E-state index contributed by atoms with van der Waals surface area (Å²) in [6.07, 6.45) is 2.40. The van der Waals surface area contributed by atoms with Crippen molar-refractivity contribution >= 4 is 11.6 Å². The predicted octanol–water partition coefficient (Wildman–Crippen LogP) is 1.94. The van der Waals surface area contributed by atoms with Gasteiger partial charge in [-0.05, 0) is 42.7 Å². The van der Waals surface area contributed by atoms with Gasteiger partial charge < -0.3 is 11.1 Å². The van der Waals surface area contributed by atoms with Crippen LogP contribution in [0.3, 0.4) is 0 Å². The number of amides is 1. The summed E-state index contributed by atoms with van der Waals surface area (Å²) in [6, 6.07) is 11.4. The third kappa shape index (κ3) is 3.55. The van der Waals surface area contributed by atoms with Crippen LogP contribution in [0.15, 0.2) is 42.6 Å². The summed E-state index contributed by atoms with van der Waals surface area (Å²) in [5, 5.41) is 2.87. The van der Waals surface area contributed by atoms with E-state index < -0.39 is 0 Å². The van der Waals surface area contributed by atoms with Crippen molar-refractivity contribution in [2.75, 3.05) is 12.3 Å². The van der Waals surface area contributed by atoms with E-state index in [2.05, 4.69) is 10.3 Å². The molecule has 1 heterocycles. The Labute approximate surface area is 112 Å². The topological polar surface area (TPSA) is 68.0 Å². The van der Waals surface area contributed by atoms with Gasteiger partial charge >= 0.3 is 0 Å². The summed E-state index contributed by atoms with van der Waals surface area (Å²) in [5.41, 5.74) is 8.88. The minimum atomic E-state index is -0.131. The summed E-state index contributed by atoms with van der Waals surface area (Å²) < 4.78 is 0. The second kappa shape index (κ2) is 6.00. The first-order valence-electron chi connectivity index (χ1n) is 6.21. The molecule has 0 fully saturated rings. The highest BCUT2D eigenvalue weighted by atomic mass is 16.1. The van der Waals surface area contributed by atoms with Crippen LogP contribution in [0.25, 0.3) is 0 Å². The van der Waals surface area contributed by atoms with Gasteiger partial charge in [-0.3, -0.25) is 9.78 Å². The standard InChI is InChI=1S/C15H17N3O/c1-11-3-2-9-17-14(11)15(19)18-10-8-12-4-6-13(16)7-5-12/h2-7,9H,8,10,16H2,1H3,(H,18,19). The molecule has 2 rings (SSSR count). The number of nitrogens with one attached hydrogen (secondary N) is 1. The van der Waals surface area contributed by atoms with Crippen molar-refractivity contribution in [3.63, 3.8) is 0 Å². The van der Waals surface area contributed by atoms with Gasteiger partial charge in [0, 0.05) is 18.4 Å². The number of hydrogen-bond acceptors (Lipinski definition) is 3. The number of aryl methyl sites for hydroxylation is 1. The van der Waals surface area contributed by atoms with Crippen molar-refractivity contribution < 1.29 is 4.79 Å². The number of rotatable bonds is 4. The third-order valence-electron chi connectivity index (χ3n) is 2.90. The van der Waals surface area contributed by atoms with Crippen LogP contribution in [0, 0.1) is 6.92 Å². The summed E-state index contributed by atoms with van der Waals surface area (Å²) in [4.78, 5) is 16.0. The number of hydrogen-bond donors (Lipinski definition) is 2. The molecule has 0 aliphatic heterocycles. The fourth-order valence-corrected chi connectivity index (χ4v) is 1.81. The molecular formula is C15H17N3O. The molecule has 0 radical (unpaired) electrons. The molecule has 0 bridgehead atoms. The van der Waals surface area contributed by atoms with E-state index in [1.165, 1.54) is 0 Å². The molecule has 4 heteroatoms. The predicted molar refractivity (Wildman–Crippen MR) is 75.9 cm³/mol. The lowest BCUT2D eigenvalue weighted by atomic mass is 10.1. The molecule has 0 saturated heterocycles. The molecule has 0 spiro atoms. The minimum absolute atomic E-state index is 0.131. The highest BCUT2D eigenvalue weighted by Gasteiger charge is 2.08. The van der Waals surface area contributed by atoms with Crippen LogP contribution in [-0.4, -0.2) is 17.4 Å². The number of benzene rings is 1. The number of aromatic nitrogens is 1. The maximum absolute atomic E-state index is 11.9. The molecule has 19 heavy (non-hydrogen) atoms. The van der Waals surface area contributed by atoms with Gasteiger partial charge in [-0.15, -0.1) is 0 Å². The van der Waals surface area contributed by atoms with Crippen molar-refractivity contribution in [3.05, 3.63) is 59.4 Å². The molecule has 0 aliphatic carbocycles. The van der Waals surface area contributed by atoms with E-state index >= 15 is 0 Å². The fourth-order valence-electron chi connectivity index (χ4n) is 1.81. The quantitative estimate of drug-likeness (QED) is 0.820. The highest BCUT2D eigenvalue weighted by molar-refractivity contribution is 5.93. The summed E-state index contributed by atoms with van der Waals surface area (Å²) in [5.74, 6) is -0.131. The van der Waals surface area contributed by atoms with Gasteiger partial charge in [0.25, 0.3) is 5.91 Å². The van der Waals surface area contributed by atoms with Crippen LogP contribution in [0.2, 0.25) is 0 Å². The van der Waals surface area contributed by atoms with Crippen LogP contribution in [0.4, 0.5) is 5.69 Å². The molecule has 0 saturated carbocycles. The van der Waals surface area contributed by atoms with Gasteiger partial charge in [0.1, 0.15) is 5.69 Å². The van der Waals surface area contributed by atoms with Crippen LogP contribution in [-0.2, 0) is 6.42 Å². The monoisotopic (exact) mass is 255 g/mol. The largest absolute Gasteiger partial charge is 0.399 e. The SMILES string of the molecule is Cc1cccnc1C(=O)NCCc1ccc(N)cc1. The van der Waals surface area contributed by atoms with E-state index in [9.17, 15) is 4.79 Å². The lowest BCUT2D eigenvalue weighted by Crippen LogP contribution is -2.27. The molecule has 0 atom stereocenters. The molecule has 0 unspecified atom stereocenters. The maximum atomic E-state index is 11.9. The van der Waals surface area contributed by atoms with Crippen molar-refractivity contribution in [1.29, 1.82) is 0 Å². The zero-order valence-corrected chi connectivity index (χ0v) is 10.9. The van der Waals surface area contributed by atoms with Crippen molar-refractivity contribution in [2.45, 2.75) is 13.3 Å². The molecule has 1 amide bonds. The van der Waals surface area contributed by atoms with Crippen molar-refractivity contribution in [1.82, 2.24) is 10.3 Å². The van der Waals surface area contributed by atoms with E-state index in [1.54, 1.807) is 6.20 Å². The van der Waals surface area contributed by atoms with Crippen LogP contribution >= 0.6 is 0 Å². The third-order valence-corrected chi connectivity index (χ3v) is 2.90. The molecule has 2 aromatic rings. The molecule has 4 nitrogen and oxygen atoms in total. The Balaban J connectivity index is 1.88. The van der Waals surface area contributed by atoms with Crippen LogP contribution in [0.1, 0.15) is 21.6 Å². The maximum Gasteiger partial charge on any atom is 0.270 e. The number of carbonyl (C=O) groups excluding carboxylic acids is 1. The van der Waals surface area contributed by atoms with Crippen molar-refractivity contribution in [3.8, 4) is 0 Å². The van der Waals surface area contributed by atoms with E-state index in [1.807, 2.05) is 43.3 Å². The Morgan fingerprint density at radius 2 is 2.00 bits per heavy atom. The van der Waals surface area contributed by atoms with Gasteiger partial charge in [-0.2, -0.15) is 0 Å². The average molecular weight is 255 g/mol. The van der Waals surface area contributed by atoms with Gasteiger partial charge in [0.15, 0.2) is 0 Å². The Hall–Kier alpha value is -2.36. The minimum Gasteiger partial charge on any atom is -0.399 e. The first-order valence-corrected chi connectivity index (χ1v) is 6.21. The fraction of sp³-hybridized carbons (Fsp3) is 0.200. The lowest BCUT2D eigenvalue weighted by molar-refractivity contribution is 0.0948. The Morgan fingerprint density at radius 1 is 1.26 bits per heavy atom. The first kappa shape index (κ1) is 13.1. The molecule has 98 valence electrons. The van der Waals surface area contributed by atoms with Crippen LogP contribution in [0.5, 0.6) is 0 Å². The highest BCUT2D eigenvalue weighted by Crippen LogP contribution is 2.06. The smallest absolute Gasteiger partial charge is 0.270 e. The first-order chi connectivity index (χ1) is 9.16. The second-order valence-electron chi connectivity index (χ2n) is 4.42. The van der Waals surface area contributed by atoms with E-state index in [0.717, 1.165) is 23.2 Å². The summed E-state index contributed by atoms with van der Waals surface area (Å²) in [7, 11) is 0. The number of nitrogen functional groups attached to an aromatic ring is 1. The number of pyridine rings is 1. The number of nitrogens with two attached hydrogens (primary N) is 1. The molecular weight excluding hydrogens is 238 g/mol. The lowest BCUT2D eigenvalue weighted by Gasteiger charge is -2.06. The Bertz CT molecular complexity index is 564. The molecule has 3 N–H and O–H groups in total. The summed E-state index contributed by atoms with van der Waals surface area (Å²) in [6.45, 7) is 2.46. The van der Waals surface area contributed by atoms with E-state index in [4.69, 9.17) is 5.73 Å². The molecule has 1 aromatic heterocycles. The zero-order valence-electron chi connectivity index (χ0n) is 10.9. The normalized spacial score (nSPS) is 10.2. The van der Waals surface area contributed by atoms with E-state index in [0.29, 0.717) is 12.2 Å². The van der Waals surface area contributed by atoms with Crippen molar-refractivity contribution in [2.24, 2.45) is 0 Å². The number of carbonyl (C=O) groups is 1. The average Bonchev–Trinajstić information content (AvgIpc) is 2.41.